The van der Waals surface area contributed by atoms with Crippen molar-refractivity contribution in [3.05, 3.63) is 76.8 Å². The van der Waals surface area contributed by atoms with Crippen molar-refractivity contribution in [1.82, 2.24) is 10.2 Å². The van der Waals surface area contributed by atoms with Gasteiger partial charge in [-0.1, -0.05) is 47.7 Å². The van der Waals surface area contributed by atoms with E-state index in [2.05, 4.69) is 14.9 Å². The third-order valence-electron chi connectivity index (χ3n) is 5.49. The van der Waals surface area contributed by atoms with Gasteiger partial charge in [0.1, 0.15) is 5.01 Å². The maximum atomic E-state index is 13.5. The van der Waals surface area contributed by atoms with Crippen molar-refractivity contribution in [1.29, 1.82) is 0 Å². The molecule has 4 aromatic rings. The van der Waals surface area contributed by atoms with Crippen molar-refractivity contribution < 1.29 is 13.2 Å². The summed E-state index contributed by atoms with van der Waals surface area (Å²) in [5.41, 5.74) is 2.22. The van der Waals surface area contributed by atoms with Gasteiger partial charge in [0.25, 0.3) is 15.9 Å². The highest BCUT2D eigenvalue weighted by molar-refractivity contribution is 7.93. The number of benzene rings is 3. The summed E-state index contributed by atoms with van der Waals surface area (Å²) in [5.74, 6) is -0.0826. The molecular formula is C23H20N4O3S2. The lowest BCUT2D eigenvalue weighted by Gasteiger charge is -2.30. The van der Waals surface area contributed by atoms with Gasteiger partial charge in [0, 0.05) is 17.8 Å². The van der Waals surface area contributed by atoms with Crippen molar-refractivity contribution in [2.45, 2.75) is 24.7 Å². The van der Waals surface area contributed by atoms with Gasteiger partial charge in [-0.25, -0.2) is 8.42 Å². The maximum Gasteiger partial charge on any atom is 0.263 e. The smallest absolute Gasteiger partial charge is 0.263 e. The molecule has 32 heavy (non-hydrogen) atoms. The monoisotopic (exact) mass is 464 g/mol. The van der Waals surface area contributed by atoms with Crippen LogP contribution in [0.3, 0.4) is 0 Å². The molecule has 0 atom stereocenters. The molecule has 0 radical (unpaired) electrons. The van der Waals surface area contributed by atoms with E-state index in [4.69, 9.17) is 0 Å². The molecule has 0 saturated heterocycles. The van der Waals surface area contributed by atoms with Gasteiger partial charge < -0.3 is 4.90 Å². The van der Waals surface area contributed by atoms with E-state index in [9.17, 15) is 13.2 Å². The number of rotatable bonds is 4. The Labute approximate surface area is 189 Å². The second-order valence-corrected chi connectivity index (χ2v) is 10.5. The summed E-state index contributed by atoms with van der Waals surface area (Å²) < 4.78 is 28.1. The molecule has 0 aliphatic carbocycles. The van der Waals surface area contributed by atoms with Crippen LogP contribution in [0.25, 0.3) is 10.8 Å². The minimum Gasteiger partial charge on any atom is -0.308 e. The zero-order valence-corrected chi connectivity index (χ0v) is 18.9. The van der Waals surface area contributed by atoms with Crippen molar-refractivity contribution in [2.24, 2.45) is 0 Å². The van der Waals surface area contributed by atoms with Gasteiger partial charge in [0.15, 0.2) is 0 Å². The van der Waals surface area contributed by atoms with Gasteiger partial charge in [-0.3, -0.25) is 9.52 Å². The zero-order valence-electron chi connectivity index (χ0n) is 17.3. The first-order valence-corrected chi connectivity index (χ1v) is 12.5. The molecular weight excluding hydrogens is 444 g/mol. The number of carbonyl (C=O) groups excluding carboxylic acids is 1. The Morgan fingerprint density at radius 3 is 2.69 bits per heavy atom. The number of hydrogen-bond acceptors (Lipinski definition) is 6. The van der Waals surface area contributed by atoms with Crippen LogP contribution in [0.2, 0.25) is 0 Å². The lowest BCUT2D eigenvalue weighted by Crippen LogP contribution is -2.35. The first kappa shape index (κ1) is 20.6. The largest absolute Gasteiger partial charge is 0.308 e. The summed E-state index contributed by atoms with van der Waals surface area (Å²) in [6, 6.07) is 18.4. The summed E-state index contributed by atoms with van der Waals surface area (Å²) in [7, 11) is -3.80. The fourth-order valence-corrected chi connectivity index (χ4v) is 5.89. The van der Waals surface area contributed by atoms with Gasteiger partial charge in [-0.05, 0) is 60.4 Å². The van der Waals surface area contributed by atoms with Crippen LogP contribution in [0, 0.1) is 6.92 Å². The third-order valence-corrected chi connectivity index (χ3v) is 7.71. The molecule has 5 rings (SSSR count). The van der Waals surface area contributed by atoms with Crippen LogP contribution in [-0.2, 0) is 16.4 Å². The molecule has 1 aliphatic heterocycles. The van der Waals surface area contributed by atoms with Crippen LogP contribution in [0.5, 0.6) is 0 Å². The summed E-state index contributed by atoms with van der Waals surface area (Å²) in [4.78, 5) is 15.4. The maximum absolute atomic E-state index is 13.5. The number of nitrogens with zero attached hydrogens (tertiary/aromatic N) is 3. The molecule has 1 aliphatic rings. The average Bonchev–Trinajstić information content (AvgIpc) is 3.21. The molecule has 2 heterocycles. The lowest BCUT2D eigenvalue weighted by molar-refractivity contribution is 0.0986. The predicted molar refractivity (Wildman–Crippen MR) is 126 cm³/mol. The van der Waals surface area contributed by atoms with E-state index in [0.717, 1.165) is 28.4 Å². The SMILES string of the molecule is Cc1nnc(NS(=O)(=O)c2ccc3c(c2)CCCN3C(=O)c2cccc3ccccc23)s1. The molecule has 0 unspecified atom stereocenters. The van der Waals surface area contributed by atoms with Crippen molar-refractivity contribution in [3.8, 4) is 0 Å². The van der Waals surface area contributed by atoms with Crippen LogP contribution in [0.15, 0.2) is 65.6 Å². The summed E-state index contributed by atoms with van der Waals surface area (Å²) >= 11 is 1.18. The zero-order chi connectivity index (χ0) is 22.3. The van der Waals surface area contributed by atoms with E-state index in [1.807, 2.05) is 42.5 Å². The van der Waals surface area contributed by atoms with Gasteiger partial charge in [0.2, 0.25) is 5.13 Å². The van der Waals surface area contributed by atoms with Crippen LogP contribution in [0.4, 0.5) is 10.8 Å². The number of aromatic nitrogens is 2. The highest BCUT2D eigenvalue weighted by Crippen LogP contribution is 2.32. The molecule has 9 heteroatoms. The van der Waals surface area contributed by atoms with Gasteiger partial charge >= 0.3 is 0 Å². The molecule has 7 nitrogen and oxygen atoms in total. The Kier molecular flexibility index (Phi) is 5.15. The number of aryl methyl sites for hydroxylation is 2. The Morgan fingerprint density at radius 1 is 1.06 bits per heavy atom. The molecule has 162 valence electrons. The molecule has 3 aromatic carbocycles. The topological polar surface area (TPSA) is 92.3 Å². The Balaban J connectivity index is 1.48. The molecule has 1 N–H and O–H groups in total. The van der Waals surface area contributed by atoms with E-state index >= 15 is 0 Å². The number of hydrogen-bond donors (Lipinski definition) is 1. The molecule has 0 spiro atoms. The first-order chi connectivity index (χ1) is 15.4. The van der Waals surface area contributed by atoms with E-state index in [0.29, 0.717) is 23.5 Å². The Hall–Kier alpha value is -3.30. The van der Waals surface area contributed by atoms with Gasteiger partial charge in [-0.2, -0.15) is 0 Å². The molecule has 1 aromatic heterocycles. The second-order valence-electron chi connectivity index (χ2n) is 7.61. The highest BCUT2D eigenvalue weighted by Gasteiger charge is 2.27. The van der Waals surface area contributed by atoms with E-state index < -0.39 is 10.0 Å². The normalized spacial score (nSPS) is 13.7. The number of amides is 1. The highest BCUT2D eigenvalue weighted by atomic mass is 32.2. The fraction of sp³-hybridized carbons (Fsp3) is 0.174. The van der Waals surface area contributed by atoms with Crippen LogP contribution in [0.1, 0.15) is 27.3 Å². The van der Waals surface area contributed by atoms with E-state index in [1.165, 1.54) is 17.4 Å². The lowest BCUT2D eigenvalue weighted by atomic mass is 9.99. The van der Waals surface area contributed by atoms with Gasteiger partial charge in [-0.15, -0.1) is 10.2 Å². The van der Waals surface area contributed by atoms with Crippen molar-refractivity contribution in [3.63, 3.8) is 0 Å². The summed E-state index contributed by atoms with van der Waals surface area (Å²) in [5, 5.41) is 10.5. The van der Waals surface area contributed by atoms with Crippen molar-refractivity contribution in [2.75, 3.05) is 16.2 Å². The number of fused-ring (bicyclic) bond motifs is 2. The van der Waals surface area contributed by atoms with Gasteiger partial charge in [0.05, 0.1) is 4.90 Å². The quantitative estimate of drug-likeness (QED) is 0.483. The average molecular weight is 465 g/mol. The molecule has 0 saturated carbocycles. The number of anilines is 2. The Bertz CT molecular complexity index is 1440. The van der Waals surface area contributed by atoms with E-state index in [-0.39, 0.29) is 15.9 Å². The number of carbonyl (C=O) groups is 1. The summed E-state index contributed by atoms with van der Waals surface area (Å²) in [6.45, 7) is 2.35. The van der Waals surface area contributed by atoms with Crippen LogP contribution in [-0.4, -0.2) is 31.1 Å². The van der Waals surface area contributed by atoms with Crippen LogP contribution >= 0.6 is 11.3 Å². The summed E-state index contributed by atoms with van der Waals surface area (Å²) in [6.07, 6.45) is 1.46. The predicted octanol–water partition coefficient (Wildman–Crippen LogP) is 4.39. The number of sulfonamides is 1. The van der Waals surface area contributed by atoms with Crippen molar-refractivity contribution >= 4 is 48.9 Å². The third kappa shape index (κ3) is 3.74. The Morgan fingerprint density at radius 2 is 1.88 bits per heavy atom. The second kappa shape index (κ2) is 7.99. The standard InChI is InChI=1S/C23H20N4O3S2/c1-15-24-25-23(31-15)26-32(29,30)18-11-12-21-17(14-18)8-5-13-27(21)22(28)20-10-4-7-16-6-2-3-9-19(16)20/h2-4,6-7,9-12,14H,5,8,13H2,1H3,(H,25,26). The molecule has 1 amide bonds. The van der Waals surface area contributed by atoms with Crippen LogP contribution < -0.4 is 9.62 Å². The van der Waals surface area contributed by atoms with E-state index in [1.54, 1.807) is 24.0 Å². The minimum atomic E-state index is -3.80. The number of nitrogens with one attached hydrogen (secondary N) is 1. The fourth-order valence-electron chi connectivity index (χ4n) is 4.02. The molecule has 0 fully saturated rings. The first-order valence-electron chi connectivity index (χ1n) is 10.2. The minimum absolute atomic E-state index is 0.0826. The molecule has 0 bridgehead atoms.